The first kappa shape index (κ1) is 19.4. The zero-order chi connectivity index (χ0) is 35.8. The van der Waals surface area contributed by atoms with E-state index in [-0.39, 0.29) is 57.7 Å². The standard InChI is InChI=1S/C44H28O/c1-2-11-29(12-3-1)30-21-23-31(24-22-30)43-36-16-4-6-18-38(36)44(39-19-7-5-17-37(39)43)34-14-10-13-32(27-34)33-25-26-42-40(28-33)35-15-8-9-20-41(35)45-42/h1-28H/i8D,9D,15D,20D,25D,26D,28D. The van der Waals surface area contributed by atoms with Gasteiger partial charge in [-0.2, -0.15) is 0 Å². The highest BCUT2D eigenvalue weighted by atomic mass is 16.3. The molecule has 0 aliphatic rings. The molecular formula is C44H28O. The van der Waals surface area contributed by atoms with Gasteiger partial charge in [-0.15, -0.1) is 0 Å². The van der Waals surface area contributed by atoms with Crippen molar-refractivity contribution in [1.29, 1.82) is 0 Å². The van der Waals surface area contributed by atoms with E-state index in [1.165, 1.54) is 0 Å². The Bertz CT molecular complexity index is 2860. The van der Waals surface area contributed by atoms with Crippen molar-refractivity contribution in [2.45, 2.75) is 0 Å². The summed E-state index contributed by atoms with van der Waals surface area (Å²) in [6.45, 7) is 0. The summed E-state index contributed by atoms with van der Waals surface area (Å²) in [6, 6.07) is 41.1. The zero-order valence-electron chi connectivity index (χ0n) is 31.0. The summed E-state index contributed by atoms with van der Waals surface area (Å²) in [7, 11) is 0. The fourth-order valence-corrected chi connectivity index (χ4v) is 6.49. The van der Waals surface area contributed by atoms with Crippen LogP contribution < -0.4 is 0 Å². The minimum absolute atomic E-state index is 0.0429. The van der Waals surface area contributed by atoms with Crippen LogP contribution in [0.25, 0.3) is 88.0 Å². The van der Waals surface area contributed by atoms with Gasteiger partial charge in [-0.05, 0) is 90.2 Å². The molecule has 45 heavy (non-hydrogen) atoms. The van der Waals surface area contributed by atoms with Gasteiger partial charge in [0.1, 0.15) is 11.2 Å². The third-order valence-corrected chi connectivity index (χ3v) is 8.54. The van der Waals surface area contributed by atoms with Crippen molar-refractivity contribution in [3.63, 3.8) is 0 Å². The Morgan fingerprint density at radius 3 is 1.60 bits per heavy atom. The number of hydrogen-bond donors (Lipinski definition) is 0. The first-order chi connectivity index (χ1) is 25.2. The Morgan fingerprint density at radius 1 is 0.356 bits per heavy atom. The Balaban J connectivity index is 1.27. The molecular weight excluding hydrogens is 544 g/mol. The van der Waals surface area contributed by atoms with Crippen molar-refractivity contribution in [2.75, 3.05) is 0 Å². The Morgan fingerprint density at radius 2 is 0.889 bits per heavy atom. The summed E-state index contributed by atoms with van der Waals surface area (Å²) >= 11 is 0. The van der Waals surface area contributed by atoms with Crippen LogP contribution in [0.5, 0.6) is 0 Å². The molecule has 1 aromatic heterocycles. The van der Waals surface area contributed by atoms with E-state index in [0.717, 1.165) is 54.9 Å². The predicted molar refractivity (Wildman–Crippen MR) is 190 cm³/mol. The second-order valence-corrected chi connectivity index (χ2v) is 11.1. The second-order valence-electron chi connectivity index (χ2n) is 11.1. The van der Waals surface area contributed by atoms with Crippen LogP contribution in [-0.2, 0) is 0 Å². The van der Waals surface area contributed by atoms with E-state index in [4.69, 9.17) is 12.6 Å². The molecule has 0 radical (unpaired) electrons. The third kappa shape index (κ3) is 4.24. The maximum absolute atomic E-state index is 9.32. The van der Waals surface area contributed by atoms with Gasteiger partial charge in [0, 0.05) is 10.8 Å². The predicted octanol–water partition coefficient (Wildman–Crippen LogP) is 12.6. The van der Waals surface area contributed by atoms with Crippen LogP contribution in [0.15, 0.2) is 174 Å². The van der Waals surface area contributed by atoms with Crippen LogP contribution in [-0.4, -0.2) is 0 Å². The molecule has 0 fully saturated rings. The van der Waals surface area contributed by atoms with Gasteiger partial charge >= 0.3 is 0 Å². The van der Waals surface area contributed by atoms with E-state index < -0.39 is 12.1 Å². The molecule has 1 nitrogen and oxygen atoms in total. The molecule has 0 unspecified atom stereocenters. The zero-order valence-corrected chi connectivity index (χ0v) is 24.0. The number of rotatable bonds is 4. The van der Waals surface area contributed by atoms with Crippen molar-refractivity contribution < 1.29 is 14.0 Å². The van der Waals surface area contributed by atoms with Crippen molar-refractivity contribution >= 4 is 43.5 Å². The van der Waals surface area contributed by atoms with Crippen LogP contribution in [0, 0.1) is 0 Å². The molecule has 0 saturated carbocycles. The van der Waals surface area contributed by atoms with Crippen LogP contribution in [0.2, 0.25) is 0 Å². The molecule has 0 amide bonds. The summed E-state index contributed by atoms with van der Waals surface area (Å²) < 4.78 is 66.4. The van der Waals surface area contributed by atoms with E-state index in [1.807, 2.05) is 66.7 Å². The number of fused-ring (bicyclic) bond motifs is 5. The van der Waals surface area contributed by atoms with Crippen LogP contribution in [0.3, 0.4) is 0 Å². The highest BCUT2D eigenvalue weighted by Crippen LogP contribution is 2.44. The van der Waals surface area contributed by atoms with Gasteiger partial charge in [0.25, 0.3) is 0 Å². The lowest BCUT2D eigenvalue weighted by atomic mass is 9.85. The molecule has 0 aliphatic heterocycles. The maximum atomic E-state index is 9.32. The second kappa shape index (κ2) is 10.4. The van der Waals surface area contributed by atoms with Crippen molar-refractivity contribution in [1.82, 2.24) is 0 Å². The van der Waals surface area contributed by atoms with Gasteiger partial charge in [-0.25, -0.2) is 0 Å². The van der Waals surface area contributed by atoms with Gasteiger partial charge in [-0.1, -0.05) is 145 Å². The first-order valence-corrected chi connectivity index (χ1v) is 14.9. The van der Waals surface area contributed by atoms with Crippen LogP contribution >= 0.6 is 0 Å². The molecule has 0 atom stereocenters. The molecule has 8 aromatic carbocycles. The molecule has 0 aliphatic carbocycles. The maximum Gasteiger partial charge on any atom is 0.135 e. The Kier molecular flexibility index (Phi) is 4.46. The minimum atomic E-state index is -0.455. The average molecular weight is 580 g/mol. The third-order valence-electron chi connectivity index (χ3n) is 8.54. The average Bonchev–Trinajstić information content (AvgIpc) is 3.60. The van der Waals surface area contributed by atoms with Gasteiger partial charge < -0.3 is 4.42 Å². The van der Waals surface area contributed by atoms with E-state index in [9.17, 15) is 1.37 Å². The van der Waals surface area contributed by atoms with Gasteiger partial charge in [-0.3, -0.25) is 0 Å². The van der Waals surface area contributed by atoms with Crippen LogP contribution in [0.1, 0.15) is 9.60 Å². The van der Waals surface area contributed by atoms with E-state index in [2.05, 4.69) is 60.7 Å². The summed E-state index contributed by atoms with van der Waals surface area (Å²) in [5.41, 5.74) is 6.94. The number of para-hydroxylation sites is 1. The summed E-state index contributed by atoms with van der Waals surface area (Å²) in [4.78, 5) is 0. The van der Waals surface area contributed by atoms with Crippen molar-refractivity contribution in [2.24, 2.45) is 0 Å². The largest absolute Gasteiger partial charge is 0.456 e. The Hall–Kier alpha value is -5.92. The topological polar surface area (TPSA) is 13.1 Å². The van der Waals surface area contributed by atoms with Gasteiger partial charge in [0.05, 0.1) is 9.60 Å². The number of benzene rings is 8. The summed E-state index contributed by atoms with van der Waals surface area (Å²) in [5, 5.41) is 4.41. The molecule has 9 aromatic rings. The molecule has 1 heterocycles. The minimum Gasteiger partial charge on any atom is -0.456 e. The van der Waals surface area contributed by atoms with Crippen molar-refractivity contribution in [3.05, 3.63) is 170 Å². The van der Waals surface area contributed by atoms with E-state index in [1.54, 1.807) is 0 Å². The van der Waals surface area contributed by atoms with Gasteiger partial charge in [0.15, 0.2) is 0 Å². The van der Waals surface area contributed by atoms with Crippen LogP contribution in [0.4, 0.5) is 0 Å². The number of furan rings is 1. The molecule has 0 N–H and O–H groups in total. The lowest BCUT2D eigenvalue weighted by Crippen LogP contribution is -1.91. The number of hydrogen-bond acceptors (Lipinski definition) is 1. The lowest BCUT2D eigenvalue weighted by Gasteiger charge is -2.18. The van der Waals surface area contributed by atoms with E-state index in [0.29, 0.717) is 5.56 Å². The molecule has 0 bridgehead atoms. The highest BCUT2D eigenvalue weighted by molar-refractivity contribution is 6.21. The normalized spacial score (nSPS) is 13.7. The molecule has 210 valence electrons. The fourth-order valence-electron chi connectivity index (χ4n) is 6.49. The quantitative estimate of drug-likeness (QED) is 0.189. The van der Waals surface area contributed by atoms with Crippen molar-refractivity contribution in [3.8, 4) is 44.5 Å². The summed E-state index contributed by atoms with van der Waals surface area (Å²) in [5.74, 6) is 0. The monoisotopic (exact) mass is 579 g/mol. The summed E-state index contributed by atoms with van der Waals surface area (Å²) in [6.07, 6.45) is 0. The fraction of sp³-hybridized carbons (Fsp3) is 0. The van der Waals surface area contributed by atoms with Gasteiger partial charge in [0.2, 0.25) is 0 Å². The Labute approximate surface area is 271 Å². The highest BCUT2D eigenvalue weighted by Gasteiger charge is 2.17. The smallest absolute Gasteiger partial charge is 0.135 e. The molecule has 0 spiro atoms. The SMILES string of the molecule is [2H]c1c([2H])c([2H])c2c(oc3c([2H])c([2H])c(-c4cccc(-c5c6ccccc6c(-c6ccc(-c7ccccc7)cc6)c6ccccc56)c4)c([2H])c32)c1[2H]. The molecule has 1 heteroatoms. The van der Waals surface area contributed by atoms with E-state index >= 15 is 0 Å². The lowest BCUT2D eigenvalue weighted by molar-refractivity contribution is 0.669. The molecule has 9 rings (SSSR count). The molecule has 0 saturated heterocycles. The first-order valence-electron chi connectivity index (χ1n) is 18.4.